The summed E-state index contributed by atoms with van der Waals surface area (Å²) < 4.78 is 5.07. The number of rotatable bonds is 3. The van der Waals surface area contributed by atoms with Gasteiger partial charge in [-0.15, -0.1) is 0 Å². The number of ether oxygens (including phenoxy) is 1. The van der Waals surface area contributed by atoms with Crippen molar-refractivity contribution in [2.45, 2.75) is 51.2 Å². The van der Waals surface area contributed by atoms with Gasteiger partial charge in [0.1, 0.15) is 12.1 Å². The largest absolute Gasteiger partial charge is 0.453 e. The van der Waals surface area contributed by atoms with E-state index in [1.807, 2.05) is 0 Å². The van der Waals surface area contributed by atoms with Gasteiger partial charge in [0.2, 0.25) is 0 Å². The Bertz CT molecular complexity index is 471. The smallest absolute Gasteiger partial charge is 0.326 e. The van der Waals surface area contributed by atoms with Crippen molar-refractivity contribution in [2.75, 3.05) is 6.54 Å². The monoisotopic (exact) mass is 282 g/mol. The predicted octanol–water partition coefficient (Wildman–Crippen LogP) is 0.372. The first-order chi connectivity index (χ1) is 9.31. The summed E-state index contributed by atoms with van der Waals surface area (Å²) in [6, 6.07) is -0.619. The number of carbonyl (C=O) groups excluding carboxylic acids is 4. The summed E-state index contributed by atoms with van der Waals surface area (Å²) in [7, 11) is 0. The second-order valence-electron chi connectivity index (χ2n) is 5.64. The maximum Gasteiger partial charge on any atom is 0.326 e. The molecule has 1 aliphatic heterocycles. The van der Waals surface area contributed by atoms with Crippen molar-refractivity contribution < 1.29 is 23.9 Å². The summed E-state index contributed by atoms with van der Waals surface area (Å²) >= 11 is 0. The van der Waals surface area contributed by atoms with Crippen molar-refractivity contribution in [3.63, 3.8) is 0 Å². The summed E-state index contributed by atoms with van der Waals surface area (Å²) in [5.74, 6) is -1.30. The highest BCUT2D eigenvalue weighted by Crippen LogP contribution is 2.19. The van der Waals surface area contributed by atoms with Gasteiger partial charge in [-0.3, -0.25) is 19.3 Å². The zero-order valence-corrected chi connectivity index (χ0v) is 11.6. The van der Waals surface area contributed by atoms with E-state index in [0.29, 0.717) is 12.8 Å². The third kappa shape index (κ3) is 2.81. The molecule has 2 aliphatic rings. The molecular formula is C13H18N2O5. The molecule has 7 nitrogen and oxygen atoms in total. The summed E-state index contributed by atoms with van der Waals surface area (Å²) in [5, 5.41) is 2.47. The van der Waals surface area contributed by atoms with Gasteiger partial charge in [-0.1, -0.05) is 0 Å². The van der Waals surface area contributed by atoms with E-state index >= 15 is 0 Å². The predicted molar refractivity (Wildman–Crippen MR) is 67.7 cm³/mol. The lowest BCUT2D eigenvalue weighted by Gasteiger charge is -2.22. The zero-order valence-electron chi connectivity index (χ0n) is 11.6. The minimum atomic E-state index is -1.02. The van der Waals surface area contributed by atoms with Gasteiger partial charge in [0.25, 0.3) is 5.91 Å². The van der Waals surface area contributed by atoms with E-state index in [1.54, 1.807) is 13.8 Å². The first-order valence-corrected chi connectivity index (χ1v) is 6.67. The second kappa shape index (κ2) is 5.22. The molecule has 1 saturated heterocycles. The lowest BCUT2D eigenvalue weighted by Crippen LogP contribution is -2.42. The number of nitrogens with one attached hydrogen (secondary N) is 1. The fourth-order valence-corrected chi connectivity index (χ4v) is 2.36. The van der Waals surface area contributed by atoms with E-state index in [4.69, 9.17) is 4.74 Å². The van der Waals surface area contributed by atoms with Crippen LogP contribution in [0.15, 0.2) is 0 Å². The summed E-state index contributed by atoms with van der Waals surface area (Å²) in [6.45, 7) is 2.66. The Hall–Kier alpha value is -1.92. The first kappa shape index (κ1) is 14.5. The van der Waals surface area contributed by atoms with E-state index in [-0.39, 0.29) is 5.78 Å². The molecule has 1 atom stereocenters. The van der Waals surface area contributed by atoms with Crippen LogP contribution in [0.1, 0.15) is 39.5 Å². The maximum absolute atomic E-state index is 11.9. The molecule has 2 fully saturated rings. The third-order valence-corrected chi connectivity index (χ3v) is 3.50. The van der Waals surface area contributed by atoms with Gasteiger partial charge in [-0.2, -0.15) is 0 Å². The Morgan fingerprint density at radius 2 is 2.05 bits per heavy atom. The van der Waals surface area contributed by atoms with Crippen LogP contribution in [0.2, 0.25) is 0 Å². The van der Waals surface area contributed by atoms with Crippen LogP contribution in [0.3, 0.4) is 0 Å². The van der Waals surface area contributed by atoms with Gasteiger partial charge in [0.05, 0.1) is 0 Å². The Morgan fingerprint density at radius 3 is 2.60 bits per heavy atom. The lowest BCUT2D eigenvalue weighted by molar-refractivity contribution is -0.158. The SMILES string of the molecule is CC1(C)NC(=O)N(CC(=O)O[C@@H]2CCCCC2=O)C1=O. The normalized spacial score (nSPS) is 25.6. The Labute approximate surface area is 116 Å². The number of hydrogen-bond donors (Lipinski definition) is 1. The number of urea groups is 1. The van der Waals surface area contributed by atoms with Gasteiger partial charge >= 0.3 is 12.0 Å². The maximum atomic E-state index is 11.9. The number of nitrogens with zero attached hydrogens (tertiary/aromatic N) is 1. The van der Waals surface area contributed by atoms with Gasteiger partial charge in [0, 0.05) is 6.42 Å². The number of Topliss-reactive ketones (excluding diaryl/α,β-unsaturated/α-hetero) is 1. The number of hydrogen-bond acceptors (Lipinski definition) is 5. The lowest BCUT2D eigenvalue weighted by atomic mass is 9.96. The molecule has 20 heavy (non-hydrogen) atoms. The summed E-state index contributed by atoms with van der Waals surface area (Å²) in [4.78, 5) is 47.7. The highest BCUT2D eigenvalue weighted by molar-refractivity contribution is 6.08. The van der Waals surface area contributed by atoms with Crippen molar-refractivity contribution in [3.8, 4) is 0 Å². The molecule has 0 aromatic carbocycles. The van der Waals surface area contributed by atoms with Crippen LogP contribution < -0.4 is 5.32 Å². The van der Waals surface area contributed by atoms with E-state index in [0.717, 1.165) is 17.7 Å². The molecule has 0 unspecified atom stereocenters. The Balaban J connectivity index is 1.93. The van der Waals surface area contributed by atoms with E-state index < -0.39 is 36.1 Å². The topological polar surface area (TPSA) is 92.8 Å². The fourth-order valence-electron chi connectivity index (χ4n) is 2.36. The number of amides is 3. The summed E-state index contributed by atoms with van der Waals surface area (Å²) in [5.41, 5.74) is -1.02. The molecule has 1 saturated carbocycles. The van der Waals surface area contributed by atoms with Crippen LogP contribution in [0.25, 0.3) is 0 Å². The molecular weight excluding hydrogens is 264 g/mol. The Kier molecular flexibility index (Phi) is 3.78. The van der Waals surface area contributed by atoms with Crippen LogP contribution in [0.5, 0.6) is 0 Å². The molecule has 0 spiro atoms. The van der Waals surface area contributed by atoms with Crippen LogP contribution in [-0.2, 0) is 19.1 Å². The van der Waals surface area contributed by atoms with Gasteiger partial charge < -0.3 is 10.1 Å². The zero-order chi connectivity index (χ0) is 14.9. The van der Waals surface area contributed by atoms with Crippen molar-refractivity contribution in [1.82, 2.24) is 10.2 Å². The number of carbonyl (C=O) groups is 4. The fraction of sp³-hybridized carbons (Fsp3) is 0.692. The molecule has 0 aromatic rings. The van der Waals surface area contributed by atoms with Crippen molar-refractivity contribution >= 4 is 23.7 Å². The third-order valence-electron chi connectivity index (χ3n) is 3.50. The minimum Gasteiger partial charge on any atom is -0.453 e. The van der Waals surface area contributed by atoms with Crippen LogP contribution in [-0.4, -0.2) is 46.8 Å². The van der Waals surface area contributed by atoms with Crippen molar-refractivity contribution in [2.24, 2.45) is 0 Å². The molecule has 1 heterocycles. The quantitative estimate of drug-likeness (QED) is 0.596. The molecule has 1 N–H and O–H groups in total. The van der Waals surface area contributed by atoms with Crippen molar-refractivity contribution in [1.29, 1.82) is 0 Å². The molecule has 0 aromatic heterocycles. The number of esters is 1. The van der Waals surface area contributed by atoms with E-state index in [1.165, 1.54) is 0 Å². The molecule has 1 aliphatic carbocycles. The van der Waals surface area contributed by atoms with Crippen LogP contribution >= 0.6 is 0 Å². The van der Waals surface area contributed by atoms with Gasteiger partial charge in [0.15, 0.2) is 11.9 Å². The highest BCUT2D eigenvalue weighted by Gasteiger charge is 2.45. The molecule has 3 amide bonds. The Morgan fingerprint density at radius 1 is 1.35 bits per heavy atom. The molecule has 2 rings (SSSR count). The number of imide groups is 1. The van der Waals surface area contributed by atoms with E-state index in [9.17, 15) is 19.2 Å². The molecule has 110 valence electrons. The number of ketones is 1. The standard InChI is InChI=1S/C13H18N2O5/c1-13(2)11(18)15(12(19)14-13)7-10(17)20-9-6-4-3-5-8(9)16/h9H,3-7H2,1-2H3,(H,14,19)/t9-/m1/s1. The summed E-state index contributed by atoms with van der Waals surface area (Å²) in [6.07, 6.45) is 1.84. The molecule has 0 bridgehead atoms. The first-order valence-electron chi connectivity index (χ1n) is 6.67. The van der Waals surface area contributed by atoms with E-state index in [2.05, 4.69) is 5.32 Å². The average molecular weight is 282 g/mol. The van der Waals surface area contributed by atoms with Gasteiger partial charge in [-0.05, 0) is 33.1 Å². The van der Waals surface area contributed by atoms with Crippen LogP contribution in [0, 0.1) is 0 Å². The molecule has 7 heteroatoms. The van der Waals surface area contributed by atoms with Crippen LogP contribution in [0.4, 0.5) is 4.79 Å². The highest BCUT2D eigenvalue weighted by atomic mass is 16.5. The second-order valence-corrected chi connectivity index (χ2v) is 5.64. The van der Waals surface area contributed by atoms with Gasteiger partial charge in [-0.25, -0.2) is 4.79 Å². The molecule has 0 radical (unpaired) electrons. The average Bonchev–Trinajstić information content (AvgIpc) is 2.55. The minimum absolute atomic E-state index is 0.0953. The van der Waals surface area contributed by atoms with Crippen molar-refractivity contribution in [3.05, 3.63) is 0 Å².